The molecule has 61 heavy (non-hydrogen) atoms. The largest absolute Gasteiger partial charge is 1.00 e. The molecule has 1 amide bonds. The van der Waals surface area contributed by atoms with Crippen molar-refractivity contribution in [1.82, 2.24) is 0 Å². The Morgan fingerprint density at radius 1 is 0.525 bits per heavy atom. The molecular weight excluding hydrogens is 995 g/mol. The van der Waals surface area contributed by atoms with E-state index in [4.69, 9.17) is 0 Å². The van der Waals surface area contributed by atoms with Gasteiger partial charge in [-0.25, -0.2) is 0 Å². The number of phenols is 4. The number of phenolic OH excluding ortho intramolecular Hbond substituents is 4. The third-order valence-electron chi connectivity index (χ3n) is 8.06. The molecule has 6 aromatic rings. The second kappa shape index (κ2) is 21.9. The molecule has 0 unspecified atom stereocenters. The van der Waals surface area contributed by atoms with Gasteiger partial charge in [-0.15, -0.1) is 20.5 Å². The number of rotatable bonds is 9. The Labute approximate surface area is 434 Å². The summed E-state index contributed by atoms with van der Waals surface area (Å²) in [5.41, 5.74) is -1.51. The third-order valence-corrected chi connectivity index (χ3v) is 10.7. The average molecular weight is 1020 g/mol. The Hall–Kier alpha value is -2.52. The van der Waals surface area contributed by atoms with Crippen molar-refractivity contribution in [3.05, 3.63) is 84.9 Å². The topological polar surface area (TPSA) is 323 Å². The number of fused-ring (bicyclic) bond motifs is 2. The van der Waals surface area contributed by atoms with Gasteiger partial charge in [0.1, 0.15) is 48.9 Å². The number of carbonyl (C=O) groups is 1. The number of nitrogens with zero attached hydrogens (tertiary/aromatic N) is 4. The van der Waals surface area contributed by atoms with Crippen LogP contribution in [0.3, 0.4) is 0 Å². The minimum Gasteiger partial charge on any atom is -0.506 e. The molecule has 19 nitrogen and oxygen atoms in total. The van der Waals surface area contributed by atoms with Gasteiger partial charge in [-0.1, -0.05) is 36.4 Å². The number of azo groups is 2. The number of anilines is 1. The van der Waals surface area contributed by atoms with Crippen LogP contribution in [0, 0.1) is 0 Å². The summed E-state index contributed by atoms with van der Waals surface area (Å²) in [6.45, 7) is 1.22. The van der Waals surface area contributed by atoms with Crippen LogP contribution in [0.15, 0.2) is 120 Å². The Kier molecular flexibility index (Phi) is 20.3. The molecule has 0 fully saturated rings. The van der Waals surface area contributed by atoms with Crippen molar-refractivity contribution in [3.8, 4) is 34.1 Å². The van der Waals surface area contributed by atoms with Gasteiger partial charge >= 0.3 is 88.7 Å². The number of hydrogen-bond donors (Lipinski definition) is 8. The van der Waals surface area contributed by atoms with Gasteiger partial charge in [-0.3, -0.25) is 18.5 Å². The third kappa shape index (κ3) is 12.4. The first-order chi connectivity index (χ1) is 26.1. The van der Waals surface area contributed by atoms with Crippen LogP contribution in [0.1, 0.15) is 6.92 Å². The summed E-state index contributed by atoms with van der Waals surface area (Å²) >= 11 is 0. The summed E-state index contributed by atoms with van der Waals surface area (Å²) in [6, 6.07) is 17.0. The summed E-state index contributed by atoms with van der Waals surface area (Å²) in [6.07, 6.45) is 0. The molecule has 6 aromatic carbocycles. The van der Waals surface area contributed by atoms with Crippen molar-refractivity contribution >= 4 is 86.2 Å². The zero-order chi connectivity index (χ0) is 40.9. The number of benzene rings is 6. The first-order valence-corrected chi connectivity index (χ1v) is 19.7. The maximum atomic E-state index is 12.2. The number of carbonyl (C=O) groups excluding carboxylic acids is 1. The molecule has 0 atom stereocenters. The molecule has 0 spiro atoms. The van der Waals surface area contributed by atoms with Crippen molar-refractivity contribution in [2.24, 2.45) is 20.5 Å². The van der Waals surface area contributed by atoms with Gasteiger partial charge in [0.05, 0.1) is 5.69 Å². The Balaban J connectivity index is 0.00000372. The van der Waals surface area contributed by atoms with Gasteiger partial charge in [0.15, 0.2) is 11.5 Å². The number of hydrogen-bond acceptors (Lipinski definition) is 15. The fraction of sp³-hybridized carbons (Fsp3) is 0.0294. The van der Waals surface area contributed by atoms with Gasteiger partial charge in [0, 0.05) is 51.8 Å². The van der Waals surface area contributed by atoms with E-state index in [0.717, 1.165) is 30.3 Å². The van der Waals surface area contributed by atoms with Crippen LogP contribution in [0.5, 0.6) is 23.0 Å². The molecule has 0 aliphatic rings. The number of amides is 1. The quantitative estimate of drug-likeness (QED) is 0.0443. The van der Waals surface area contributed by atoms with E-state index in [-0.39, 0.29) is 167 Å². The first-order valence-electron chi connectivity index (χ1n) is 15.4. The first kappa shape index (κ1) is 56.5. The molecule has 310 valence electrons. The van der Waals surface area contributed by atoms with Crippen molar-refractivity contribution in [3.63, 3.8) is 0 Å². The summed E-state index contributed by atoms with van der Waals surface area (Å²) < 4.78 is 102. The van der Waals surface area contributed by atoms with E-state index < -0.39 is 90.7 Å². The fourth-order valence-corrected chi connectivity index (χ4v) is 7.68. The van der Waals surface area contributed by atoms with Crippen LogP contribution in [0.25, 0.3) is 32.7 Å². The molecular formula is C34H25Cu2N5Na3O14S3+3. The molecule has 6 rings (SSSR count). The summed E-state index contributed by atoms with van der Waals surface area (Å²) in [5, 5.41) is 60.4. The van der Waals surface area contributed by atoms with E-state index in [1.54, 1.807) is 0 Å². The molecule has 0 saturated heterocycles. The monoisotopic (exact) mass is 1020 g/mol. The Morgan fingerprint density at radius 2 is 0.918 bits per heavy atom. The van der Waals surface area contributed by atoms with E-state index in [2.05, 4.69) is 25.8 Å². The minimum absolute atomic E-state index is 0. The molecule has 0 saturated carbocycles. The van der Waals surface area contributed by atoms with Crippen LogP contribution in [-0.2, 0) is 69.3 Å². The Bertz CT molecular complexity index is 3090. The zero-order valence-electron chi connectivity index (χ0n) is 31.7. The maximum Gasteiger partial charge on any atom is 1.00 e. The van der Waals surface area contributed by atoms with Crippen molar-refractivity contribution in [2.45, 2.75) is 21.6 Å². The standard InChI is InChI=1S/C34H25N5O14S3.2Cu.3Na/c1-16(40)35-23-6-2-4-19-14-27(55(48,49)50)31(33(43)29(19)23)38-36-21-10-8-17(12-24(21)41)18-9-11-22(25(42)13-18)37-39-32-28(56(51,52)53)15-20-5-3-7-26(54(45,46)47)30(20)34(32)44;;;;;/h2-15,41-44H,1H3,(H,35,40)(H,45,46,47)(H,48,49,50)(H,51,52,53);;;;;/q;;;3*+1. The molecule has 0 aromatic heterocycles. The van der Waals surface area contributed by atoms with Crippen molar-refractivity contribution < 1.29 is 187 Å². The van der Waals surface area contributed by atoms with E-state index in [1.807, 2.05) is 0 Å². The summed E-state index contributed by atoms with van der Waals surface area (Å²) in [4.78, 5) is 9.14. The van der Waals surface area contributed by atoms with E-state index in [9.17, 15) is 64.1 Å². The molecule has 0 heterocycles. The van der Waals surface area contributed by atoms with Crippen LogP contribution in [-0.4, -0.2) is 65.2 Å². The second-order valence-corrected chi connectivity index (χ2v) is 16.0. The molecule has 0 aliphatic heterocycles. The van der Waals surface area contributed by atoms with E-state index >= 15 is 0 Å². The molecule has 0 aliphatic carbocycles. The van der Waals surface area contributed by atoms with Crippen molar-refractivity contribution in [1.29, 1.82) is 0 Å². The molecule has 27 heteroatoms. The maximum absolute atomic E-state index is 12.2. The zero-order valence-corrected chi connectivity index (χ0v) is 42.0. The molecule has 0 bridgehead atoms. The Morgan fingerprint density at radius 3 is 1.31 bits per heavy atom. The van der Waals surface area contributed by atoms with E-state index in [0.29, 0.717) is 0 Å². The van der Waals surface area contributed by atoms with Crippen LogP contribution in [0.2, 0.25) is 0 Å². The van der Waals surface area contributed by atoms with Gasteiger partial charge in [-0.2, -0.15) is 25.3 Å². The molecule has 2 radical (unpaired) electrons. The van der Waals surface area contributed by atoms with Crippen LogP contribution in [0.4, 0.5) is 28.4 Å². The predicted octanol–water partition coefficient (Wildman–Crippen LogP) is -1.98. The van der Waals surface area contributed by atoms with Gasteiger partial charge in [0.2, 0.25) is 5.91 Å². The predicted molar refractivity (Wildman–Crippen MR) is 199 cm³/mol. The van der Waals surface area contributed by atoms with E-state index in [1.165, 1.54) is 61.5 Å². The van der Waals surface area contributed by atoms with Crippen LogP contribution < -0.4 is 94.0 Å². The SMILES string of the molecule is CC(=O)Nc1cccc2cc(S(=O)(=O)O)c(N=Nc3ccc(-c4ccc(N=Nc5c(S(=O)(=O)O)cc6cccc(S(=O)(=O)O)c6c5O)c(O)c4)cc3O)c(O)c12.[Cu].[Cu].[Na+].[Na+].[Na+]. The number of nitrogens with one attached hydrogen (secondary N) is 1. The second-order valence-electron chi connectivity index (χ2n) is 11.8. The summed E-state index contributed by atoms with van der Waals surface area (Å²) in [5.74, 6) is -3.40. The smallest absolute Gasteiger partial charge is 0.506 e. The fourth-order valence-electron chi connectivity index (χ4n) is 5.64. The van der Waals surface area contributed by atoms with Gasteiger partial charge in [-0.05, 0) is 70.4 Å². The molecule has 8 N–H and O–H groups in total. The number of aromatic hydroxyl groups is 4. The normalized spacial score (nSPS) is 11.5. The van der Waals surface area contributed by atoms with Gasteiger partial charge in [0.25, 0.3) is 30.4 Å². The minimum atomic E-state index is -5.10. The average Bonchev–Trinajstić information content (AvgIpc) is 3.09. The van der Waals surface area contributed by atoms with Crippen molar-refractivity contribution in [2.75, 3.05) is 5.32 Å². The van der Waals surface area contributed by atoms with Crippen LogP contribution >= 0.6 is 0 Å². The van der Waals surface area contributed by atoms with Gasteiger partial charge < -0.3 is 25.7 Å². The summed E-state index contributed by atoms with van der Waals surface area (Å²) in [7, 11) is -15.0.